The van der Waals surface area contributed by atoms with E-state index >= 15 is 0 Å². The highest BCUT2D eigenvalue weighted by atomic mass is 16.6. The molecule has 0 aliphatic heterocycles. The average molecular weight is 385 g/mol. The van der Waals surface area contributed by atoms with Gasteiger partial charge in [0.25, 0.3) is 0 Å². The first kappa shape index (κ1) is 20.8. The molecular weight excluding hydrogens is 362 g/mol. The van der Waals surface area contributed by atoms with Gasteiger partial charge in [0.15, 0.2) is 0 Å². The van der Waals surface area contributed by atoms with E-state index in [1.165, 1.54) is 17.2 Å². The quantitative estimate of drug-likeness (QED) is 0.680. The number of benzene rings is 1. The lowest BCUT2D eigenvalue weighted by atomic mass is 10.2. The van der Waals surface area contributed by atoms with Crippen molar-refractivity contribution in [3.8, 4) is 0 Å². The van der Waals surface area contributed by atoms with E-state index in [0.717, 1.165) is 0 Å². The molecule has 3 amide bonds. The zero-order valence-corrected chi connectivity index (χ0v) is 15.8. The minimum absolute atomic E-state index is 0.130. The van der Waals surface area contributed by atoms with E-state index in [9.17, 15) is 14.4 Å². The lowest BCUT2D eigenvalue weighted by Gasteiger charge is -2.17. The predicted molar refractivity (Wildman–Crippen MR) is 106 cm³/mol. The van der Waals surface area contributed by atoms with E-state index in [-0.39, 0.29) is 24.8 Å². The highest BCUT2D eigenvalue weighted by Gasteiger charge is 2.11. The number of rotatable bonds is 8. The Kier molecular flexibility index (Phi) is 7.83. The van der Waals surface area contributed by atoms with Crippen LogP contribution in [-0.2, 0) is 14.3 Å². The highest BCUT2D eigenvalue weighted by Crippen LogP contribution is 2.17. The van der Waals surface area contributed by atoms with Gasteiger partial charge in [-0.1, -0.05) is 0 Å². The summed E-state index contributed by atoms with van der Waals surface area (Å²) in [6.45, 7) is 2.24. The monoisotopic (exact) mass is 385 g/mol. The number of furan rings is 1. The van der Waals surface area contributed by atoms with E-state index < -0.39 is 6.09 Å². The van der Waals surface area contributed by atoms with Crippen LogP contribution in [0.5, 0.6) is 0 Å². The first-order valence-electron chi connectivity index (χ1n) is 8.79. The second-order valence-corrected chi connectivity index (χ2v) is 5.74. The number of anilines is 2. The topological polar surface area (TPSA) is 101 Å². The van der Waals surface area contributed by atoms with Crippen LogP contribution in [0.1, 0.15) is 19.1 Å². The molecule has 0 aliphatic carbocycles. The van der Waals surface area contributed by atoms with Gasteiger partial charge in [0.2, 0.25) is 11.8 Å². The summed E-state index contributed by atoms with van der Waals surface area (Å²) < 4.78 is 10.0. The first-order valence-corrected chi connectivity index (χ1v) is 8.79. The van der Waals surface area contributed by atoms with Gasteiger partial charge in [-0.3, -0.25) is 14.5 Å². The lowest BCUT2D eigenvalue weighted by molar-refractivity contribution is -0.117. The minimum Gasteiger partial charge on any atom is -0.465 e. The fourth-order valence-corrected chi connectivity index (χ4v) is 2.22. The van der Waals surface area contributed by atoms with Gasteiger partial charge in [0.1, 0.15) is 5.76 Å². The van der Waals surface area contributed by atoms with Crippen LogP contribution in [0, 0.1) is 0 Å². The molecule has 148 valence electrons. The summed E-state index contributed by atoms with van der Waals surface area (Å²) in [4.78, 5) is 36.7. The van der Waals surface area contributed by atoms with Crippen molar-refractivity contribution in [2.75, 3.05) is 30.4 Å². The van der Waals surface area contributed by atoms with E-state index in [1.807, 2.05) is 0 Å². The Morgan fingerprint density at radius 3 is 2.57 bits per heavy atom. The second kappa shape index (κ2) is 10.6. The third-order valence-corrected chi connectivity index (χ3v) is 3.67. The van der Waals surface area contributed by atoms with Crippen molar-refractivity contribution in [2.24, 2.45) is 0 Å². The van der Waals surface area contributed by atoms with Crippen molar-refractivity contribution < 1.29 is 23.5 Å². The molecule has 0 saturated heterocycles. The largest absolute Gasteiger partial charge is 0.465 e. The minimum atomic E-state index is -0.448. The molecule has 2 rings (SSSR count). The van der Waals surface area contributed by atoms with E-state index in [4.69, 9.17) is 9.15 Å². The summed E-state index contributed by atoms with van der Waals surface area (Å²) >= 11 is 0. The molecular formula is C20H23N3O5. The van der Waals surface area contributed by atoms with Crippen LogP contribution >= 0.6 is 0 Å². The highest BCUT2D eigenvalue weighted by molar-refractivity contribution is 5.94. The van der Waals surface area contributed by atoms with Crippen molar-refractivity contribution in [3.05, 3.63) is 54.5 Å². The summed E-state index contributed by atoms with van der Waals surface area (Å²) in [7, 11) is 1.61. The van der Waals surface area contributed by atoms with Gasteiger partial charge in [-0.15, -0.1) is 0 Å². The van der Waals surface area contributed by atoms with Crippen molar-refractivity contribution in [3.63, 3.8) is 0 Å². The van der Waals surface area contributed by atoms with E-state index in [0.29, 0.717) is 23.7 Å². The molecule has 2 N–H and O–H groups in total. The van der Waals surface area contributed by atoms with Crippen LogP contribution in [0.2, 0.25) is 0 Å². The first-order chi connectivity index (χ1) is 13.5. The SMILES string of the molecule is CCOC(=O)N(C)c1ccc(NC(=O)CCNC(=O)/C=C/c2ccco2)cc1. The molecule has 0 saturated carbocycles. The molecule has 1 aromatic carbocycles. The maximum atomic E-state index is 12.0. The molecule has 0 spiro atoms. The number of nitrogens with zero attached hydrogens (tertiary/aromatic N) is 1. The molecule has 1 aromatic heterocycles. The fraction of sp³-hybridized carbons (Fsp3) is 0.250. The lowest BCUT2D eigenvalue weighted by Crippen LogP contribution is -2.27. The van der Waals surface area contributed by atoms with Crippen LogP contribution in [-0.4, -0.2) is 38.1 Å². The van der Waals surface area contributed by atoms with Crippen LogP contribution in [0.4, 0.5) is 16.2 Å². The summed E-state index contributed by atoms with van der Waals surface area (Å²) in [5, 5.41) is 5.36. The summed E-state index contributed by atoms with van der Waals surface area (Å²) in [6, 6.07) is 10.2. The maximum Gasteiger partial charge on any atom is 0.413 e. The molecule has 0 unspecified atom stereocenters. The molecule has 0 aliphatic rings. The number of hydrogen-bond donors (Lipinski definition) is 2. The smallest absolute Gasteiger partial charge is 0.413 e. The van der Waals surface area contributed by atoms with Gasteiger partial charge >= 0.3 is 6.09 Å². The fourth-order valence-electron chi connectivity index (χ4n) is 2.22. The van der Waals surface area contributed by atoms with Gasteiger partial charge in [0, 0.05) is 37.5 Å². The van der Waals surface area contributed by atoms with E-state index in [2.05, 4.69) is 10.6 Å². The number of amides is 3. The second-order valence-electron chi connectivity index (χ2n) is 5.74. The Balaban J connectivity index is 1.73. The van der Waals surface area contributed by atoms with E-state index in [1.54, 1.807) is 56.4 Å². The molecule has 1 heterocycles. The summed E-state index contributed by atoms with van der Waals surface area (Å²) in [5.74, 6) is 0.0299. The molecule has 0 radical (unpaired) electrons. The molecule has 8 heteroatoms. The molecule has 8 nitrogen and oxygen atoms in total. The van der Waals surface area contributed by atoms with Crippen LogP contribution in [0.25, 0.3) is 6.08 Å². The van der Waals surface area contributed by atoms with Gasteiger partial charge in [-0.25, -0.2) is 4.79 Å². The van der Waals surface area contributed by atoms with Gasteiger partial charge in [-0.05, 0) is 49.4 Å². The number of ether oxygens (including phenoxy) is 1. The van der Waals surface area contributed by atoms with Crippen LogP contribution < -0.4 is 15.5 Å². The van der Waals surface area contributed by atoms with Crippen molar-refractivity contribution >= 4 is 35.4 Å². The number of carbonyl (C=O) groups is 3. The third kappa shape index (κ3) is 6.64. The van der Waals surface area contributed by atoms with Gasteiger partial charge < -0.3 is 19.8 Å². The Labute approximate surface area is 163 Å². The zero-order chi connectivity index (χ0) is 20.4. The van der Waals surface area contributed by atoms with Crippen molar-refractivity contribution in [1.29, 1.82) is 0 Å². The molecule has 0 atom stereocenters. The van der Waals surface area contributed by atoms with Crippen LogP contribution in [0.15, 0.2) is 53.2 Å². The Morgan fingerprint density at radius 1 is 1.18 bits per heavy atom. The average Bonchev–Trinajstić information content (AvgIpc) is 3.20. The standard InChI is InChI=1S/C20H23N3O5/c1-3-27-20(26)23(2)16-8-6-15(7-9-16)22-19(25)12-13-21-18(24)11-10-17-5-4-14-28-17/h4-11,14H,3,12-13H2,1-2H3,(H,21,24)(H,22,25)/b11-10+. The zero-order valence-electron chi connectivity index (χ0n) is 15.8. The summed E-state index contributed by atoms with van der Waals surface area (Å²) in [6.07, 6.45) is 4.09. The predicted octanol–water partition coefficient (Wildman–Crippen LogP) is 3.03. The summed E-state index contributed by atoms with van der Waals surface area (Å²) in [5.41, 5.74) is 1.24. The molecule has 0 fully saturated rings. The maximum absolute atomic E-state index is 12.0. The van der Waals surface area contributed by atoms with Gasteiger partial charge in [0.05, 0.1) is 12.9 Å². The Morgan fingerprint density at radius 2 is 1.93 bits per heavy atom. The molecule has 2 aromatic rings. The van der Waals surface area contributed by atoms with Gasteiger partial charge in [-0.2, -0.15) is 0 Å². The van der Waals surface area contributed by atoms with Crippen molar-refractivity contribution in [2.45, 2.75) is 13.3 Å². The molecule has 28 heavy (non-hydrogen) atoms. The van der Waals surface area contributed by atoms with Crippen LogP contribution in [0.3, 0.4) is 0 Å². The normalized spacial score (nSPS) is 10.5. The van der Waals surface area contributed by atoms with Crippen molar-refractivity contribution in [1.82, 2.24) is 5.32 Å². The number of nitrogens with one attached hydrogen (secondary N) is 2. The Bertz CT molecular complexity index is 813. The third-order valence-electron chi connectivity index (χ3n) is 3.67. The Hall–Kier alpha value is -3.55. The number of carbonyl (C=O) groups excluding carboxylic acids is 3. The number of hydrogen-bond acceptors (Lipinski definition) is 5. The molecule has 0 bridgehead atoms.